The van der Waals surface area contributed by atoms with Crippen molar-refractivity contribution < 1.29 is 13.2 Å². The number of carbonyl (C=O) groups is 1. The molecule has 1 aromatic carbocycles. The van der Waals surface area contributed by atoms with E-state index in [-0.39, 0.29) is 16.8 Å². The van der Waals surface area contributed by atoms with E-state index in [1.807, 2.05) is 29.3 Å². The topological polar surface area (TPSA) is 66.5 Å². The van der Waals surface area contributed by atoms with E-state index < -0.39 is 10.0 Å². The SMILES string of the molecule is CCNS(=O)(=O)c1ccc(C)c(C(=O)N(Cc2cccs2)C2CC2)c1. The molecule has 1 aliphatic carbocycles. The van der Waals surface area contributed by atoms with E-state index in [1.54, 1.807) is 30.4 Å². The molecule has 3 rings (SSSR count). The highest BCUT2D eigenvalue weighted by molar-refractivity contribution is 7.89. The maximum Gasteiger partial charge on any atom is 0.254 e. The molecule has 0 bridgehead atoms. The van der Waals surface area contributed by atoms with Crippen LogP contribution in [0.4, 0.5) is 0 Å². The standard InChI is InChI=1S/C18H22N2O3S2/c1-3-19-25(22,23)16-9-6-13(2)17(11-16)18(21)20(14-7-8-14)12-15-5-4-10-24-15/h4-6,9-11,14,19H,3,7-8,12H2,1-2H3. The summed E-state index contributed by atoms with van der Waals surface area (Å²) in [5, 5.41) is 2.00. The molecule has 1 N–H and O–H groups in total. The van der Waals surface area contributed by atoms with E-state index in [9.17, 15) is 13.2 Å². The summed E-state index contributed by atoms with van der Waals surface area (Å²) in [6.45, 7) is 4.46. The van der Waals surface area contributed by atoms with Gasteiger partial charge in [0.1, 0.15) is 0 Å². The molecule has 1 heterocycles. The van der Waals surface area contributed by atoms with E-state index in [0.29, 0.717) is 18.7 Å². The van der Waals surface area contributed by atoms with Crippen molar-refractivity contribution in [1.82, 2.24) is 9.62 Å². The van der Waals surface area contributed by atoms with Crippen LogP contribution in [0.25, 0.3) is 0 Å². The van der Waals surface area contributed by atoms with E-state index in [4.69, 9.17) is 0 Å². The lowest BCUT2D eigenvalue weighted by molar-refractivity contribution is 0.0730. The number of rotatable bonds is 7. The fraction of sp³-hybridized carbons (Fsp3) is 0.389. The molecule has 5 nitrogen and oxygen atoms in total. The molecule has 134 valence electrons. The van der Waals surface area contributed by atoms with Gasteiger partial charge in [-0.15, -0.1) is 11.3 Å². The average Bonchev–Trinajstić information content (AvgIpc) is 3.28. The zero-order valence-corrected chi connectivity index (χ0v) is 16.0. The van der Waals surface area contributed by atoms with Crippen LogP contribution in [-0.4, -0.2) is 31.8 Å². The van der Waals surface area contributed by atoms with Crippen molar-refractivity contribution >= 4 is 27.3 Å². The van der Waals surface area contributed by atoms with Gasteiger partial charge >= 0.3 is 0 Å². The Labute approximate surface area is 152 Å². The minimum atomic E-state index is -3.58. The predicted molar refractivity (Wildman–Crippen MR) is 99.3 cm³/mol. The Balaban J connectivity index is 1.92. The van der Waals surface area contributed by atoms with Crippen LogP contribution < -0.4 is 4.72 Å². The molecule has 0 unspecified atom stereocenters. The summed E-state index contributed by atoms with van der Waals surface area (Å²) in [7, 11) is -3.58. The largest absolute Gasteiger partial charge is 0.331 e. The Kier molecular flexibility index (Phi) is 5.27. The van der Waals surface area contributed by atoms with Crippen molar-refractivity contribution in [1.29, 1.82) is 0 Å². The number of sulfonamides is 1. The van der Waals surface area contributed by atoms with Gasteiger partial charge in [-0.1, -0.05) is 19.1 Å². The van der Waals surface area contributed by atoms with E-state index in [0.717, 1.165) is 23.3 Å². The van der Waals surface area contributed by atoms with Crippen LogP contribution in [-0.2, 0) is 16.6 Å². The third kappa shape index (κ3) is 4.11. The van der Waals surface area contributed by atoms with Gasteiger partial charge in [-0.25, -0.2) is 13.1 Å². The van der Waals surface area contributed by atoms with Crippen LogP contribution in [0.2, 0.25) is 0 Å². The van der Waals surface area contributed by atoms with Gasteiger partial charge in [0, 0.05) is 23.0 Å². The van der Waals surface area contributed by atoms with Crippen LogP contribution >= 0.6 is 11.3 Å². The number of carbonyl (C=O) groups excluding carboxylic acids is 1. The molecule has 2 aromatic rings. The van der Waals surface area contributed by atoms with Gasteiger partial charge in [0.25, 0.3) is 5.91 Å². The predicted octanol–water partition coefficient (Wildman–Crippen LogP) is 3.16. The molecule has 7 heteroatoms. The molecule has 1 saturated carbocycles. The maximum atomic E-state index is 13.1. The summed E-state index contributed by atoms with van der Waals surface area (Å²) in [5.74, 6) is -0.0954. The van der Waals surface area contributed by atoms with E-state index >= 15 is 0 Å². The summed E-state index contributed by atoms with van der Waals surface area (Å²) in [6, 6.07) is 9.00. The summed E-state index contributed by atoms with van der Waals surface area (Å²) < 4.78 is 27.0. The molecule has 0 saturated heterocycles. The fourth-order valence-corrected chi connectivity index (χ4v) is 4.52. The average molecular weight is 379 g/mol. The van der Waals surface area contributed by atoms with Crippen molar-refractivity contribution in [3.05, 3.63) is 51.7 Å². The molecule has 1 aromatic heterocycles. The van der Waals surface area contributed by atoms with Gasteiger partial charge in [0.2, 0.25) is 10.0 Å². The zero-order valence-electron chi connectivity index (χ0n) is 14.4. The second kappa shape index (κ2) is 7.27. The Morgan fingerprint density at radius 3 is 2.68 bits per heavy atom. The monoisotopic (exact) mass is 378 g/mol. The van der Waals surface area contributed by atoms with Crippen molar-refractivity contribution in [3.8, 4) is 0 Å². The number of hydrogen-bond acceptors (Lipinski definition) is 4. The Morgan fingerprint density at radius 1 is 1.32 bits per heavy atom. The first kappa shape index (κ1) is 18.1. The van der Waals surface area contributed by atoms with Crippen molar-refractivity contribution in [3.63, 3.8) is 0 Å². The normalized spacial score (nSPS) is 14.5. The molecular formula is C18H22N2O3S2. The minimum absolute atomic E-state index is 0.0954. The van der Waals surface area contributed by atoms with E-state index in [1.165, 1.54) is 6.07 Å². The molecule has 1 aliphatic rings. The lowest BCUT2D eigenvalue weighted by Crippen LogP contribution is -2.33. The Hall–Kier alpha value is -1.70. The second-order valence-electron chi connectivity index (χ2n) is 6.22. The Morgan fingerprint density at radius 2 is 2.08 bits per heavy atom. The lowest BCUT2D eigenvalue weighted by Gasteiger charge is -2.23. The van der Waals surface area contributed by atoms with Crippen molar-refractivity contribution in [2.45, 2.75) is 44.2 Å². The number of nitrogens with zero attached hydrogens (tertiary/aromatic N) is 1. The number of benzene rings is 1. The summed E-state index contributed by atoms with van der Waals surface area (Å²) in [4.78, 5) is 16.3. The third-order valence-electron chi connectivity index (χ3n) is 4.24. The van der Waals surface area contributed by atoms with E-state index in [2.05, 4.69) is 4.72 Å². The highest BCUT2D eigenvalue weighted by Gasteiger charge is 2.34. The third-order valence-corrected chi connectivity index (χ3v) is 6.64. The van der Waals surface area contributed by atoms with Crippen LogP contribution in [0.1, 0.15) is 40.6 Å². The number of nitrogens with one attached hydrogen (secondary N) is 1. The van der Waals surface area contributed by atoms with Gasteiger partial charge < -0.3 is 4.90 Å². The first-order valence-electron chi connectivity index (χ1n) is 8.36. The number of hydrogen-bond donors (Lipinski definition) is 1. The fourth-order valence-electron chi connectivity index (χ4n) is 2.75. The Bertz CT molecular complexity index is 856. The van der Waals surface area contributed by atoms with Gasteiger partial charge in [-0.05, 0) is 48.9 Å². The molecular weight excluding hydrogens is 356 g/mol. The van der Waals surface area contributed by atoms with Gasteiger partial charge in [0.05, 0.1) is 11.4 Å². The number of thiophene rings is 1. The van der Waals surface area contributed by atoms with Crippen LogP contribution in [0.3, 0.4) is 0 Å². The highest BCUT2D eigenvalue weighted by atomic mass is 32.2. The number of amides is 1. The minimum Gasteiger partial charge on any atom is -0.331 e. The quantitative estimate of drug-likeness (QED) is 0.805. The molecule has 0 aliphatic heterocycles. The first-order valence-corrected chi connectivity index (χ1v) is 10.7. The molecule has 1 amide bonds. The van der Waals surface area contributed by atoms with Gasteiger partial charge in [-0.2, -0.15) is 0 Å². The summed E-state index contributed by atoms with van der Waals surface area (Å²) in [5.41, 5.74) is 1.25. The zero-order chi connectivity index (χ0) is 18.0. The van der Waals surface area contributed by atoms with Gasteiger partial charge in [0.15, 0.2) is 0 Å². The first-order chi connectivity index (χ1) is 11.9. The highest BCUT2D eigenvalue weighted by Crippen LogP contribution is 2.31. The van der Waals surface area contributed by atoms with Crippen LogP contribution in [0.15, 0.2) is 40.6 Å². The summed E-state index contributed by atoms with van der Waals surface area (Å²) >= 11 is 1.63. The van der Waals surface area contributed by atoms with Crippen molar-refractivity contribution in [2.24, 2.45) is 0 Å². The van der Waals surface area contributed by atoms with Gasteiger partial charge in [-0.3, -0.25) is 4.79 Å². The lowest BCUT2D eigenvalue weighted by atomic mass is 10.1. The second-order valence-corrected chi connectivity index (χ2v) is 9.02. The molecule has 1 fully saturated rings. The smallest absolute Gasteiger partial charge is 0.254 e. The molecule has 25 heavy (non-hydrogen) atoms. The van der Waals surface area contributed by atoms with Crippen LogP contribution in [0.5, 0.6) is 0 Å². The molecule has 0 spiro atoms. The summed E-state index contributed by atoms with van der Waals surface area (Å²) in [6.07, 6.45) is 2.01. The maximum absolute atomic E-state index is 13.1. The number of aryl methyl sites for hydroxylation is 1. The molecule has 0 radical (unpaired) electrons. The van der Waals surface area contributed by atoms with Crippen molar-refractivity contribution in [2.75, 3.05) is 6.54 Å². The molecule has 0 atom stereocenters. The van der Waals surface area contributed by atoms with Crippen LogP contribution in [0, 0.1) is 6.92 Å².